The van der Waals surface area contributed by atoms with Gasteiger partial charge in [-0.3, -0.25) is 0 Å². The lowest BCUT2D eigenvalue weighted by Gasteiger charge is -2.44. The van der Waals surface area contributed by atoms with E-state index in [1.54, 1.807) is 0 Å². The molecule has 0 aromatic carbocycles. The highest BCUT2D eigenvalue weighted by molar-refractivity contribution is 6.18. The monoisotopic (exact) mass is 376 g/mol. The van der Waals surface area contributed by atoms with Crippen molar-refractivity contribution in [3.63, 3.8) is 0 Å². The fraction of sp³-hybridized carbons (Fsp3) is 1.00. The van der Waals surface area contributed by atoms with E-state index in [2.05, 4.69) is 12.2 Å². The number of hydrogen-bond donors (Lipinski definition) is 1. The predicted octanol–water partition coefficient (Wildman–Crippen LogP) is 5.00. The molecule has 0 spiro atoms. The summed E-state index contributed by atoms with van der Waals surface area (Å²) in [6.45, 7) is 2.33. The van der Waals surface area contributed by atoms with Crippen molar-refractivity contribution in [3.8, 4) is 0 Å². The maximum atomic E-state index is 6.35. The highest BCUT2D eigenvalue weighted by atomic mass is 27.2. The van der Waals surface area contributed by atoms with Crippen LogP contribution >= 0.6 is 0 Å². The van der Waals surface area contributed by atoms with E-state index in [4.69, 9.17) is 7.58 Å². The number of fused-ring (bicyclic) bond motifs is 1. The normalized spacial score (nSPS) is 42.2. The summed E-state index contributed by atoms with van der Waals surface area (Å²) in [4.78, 5) is 0. The van der Waals surface area contributed by atoms with Crippen molar-refractivity contribution >= 4 is 15.9 Å². The Labute approximate surface area is 167 Å². The third-order valence-electron chi connectivity index (χ3n) is 7.93. The van der Waals surface area contributed by atoms with Crippen molar-refractivity contribution in [2.45, 2.75) is 121 Å². The number of hydrogen-bond acceptors (Lipinski definition) is 3. The molecule has 26 heavy (non-hydrogen) atoms. The maximum absolute atomic E-state index is 6.35. The summed E-state index contributed by atoms with van der Waals surface area (Å²) in [6.07, 6.45) is 20.4. The zero-order valence-corrected chi connectivity index (χ0v) is 18.0. The third kappa shape index (κ3) is 5.06. The van der Waals surface area contributed by atoms with E-state index in [-0.39, 0.29) is 15.9 Å². The first kappa shape index (κ1) is 19.7. The molecule has 4 unspecified atom stereocenters. The lowest BCUT2D eigenvalue weighted by atomic mass is 9.73. The van der Waals surface area contributed by atoms with E-state index < -0.39 is 0 Å². The quantitative estimate of drug-likeness (QED) is 0.685. The Balaban J connectivity index is 1.16. The van der Waals surface area contributed by atoms with E-state index in [0.29, 0.717) is 24.3 Å². The van der Waals surface area contributed by atoms with Gasteiger partial charge in [-0.05, 0) is 76.0 Å². The van der Waals surface area contributed by atoms with Crippen LogP contribution in [0.5, 0.6) is 0 Å². The van der Waals surface area contributed by atoms with Gasteiger partial charge < -0.3 is 12.9 Å². The van der Waals surface area contributed by atoms with Crippen LogP contribution in [0, 0.1) is 17.8 Å². The molecule has 4 rings (SSSR count). The molecular formula is C22H39AlNO2. The molecule has 0 amide bonds. The van der Waals surface area contributed by atoms with Crippen LogP contribution in [0.25, 0.3) is 0 Å². The summed E-state index contributed by atoms with van der Waals surface area (Å²) in [5.74, 6) is 2.88. The van der Waals surface area contributed by atoms with Crippen LogP contribution in [0.15, 0.2) is 0 Å². The molecule has 4 atom stereocenters. The minimum atomic E-state index is -0.287. The van der Waals surface area contributed by atoms with Gasteiger partial charge in [-0.15, -0.1) is 0 Å². The van der Waals surface area contributed by atoms with Crippen molar-refractivity contribution < 1.29 is 7.58 Å². The van der Waals surface area contributed by atoms with E-state index in [1.807, 2.05) is 0 Å². The van der Waals surface area contributed by atoms with Crippen LogP contribution in [0.2, 0.25) is 0 Å². The maximum Gasteiger partial charge on any atom is 0.668 e. The van der Waals surface area contributed by atoms with Gasteiger partial charge in [0.2, 0.25) is 0 Å². The van der Waals surface area contributed by atoms with E-state index in [0.717, 1.165) is 17.8 Å². The van der Waals surface area contributed by atoms with Gasteiger partial charge >= 0.3 is 15.9 Å². The van der Waals surface area contributed by atoms with Gasteiger partial charge in [-0.2, -0.15) is 0 Å². The molecule has 0 aromatic heterocycles. The topological polar surface area (TPSA) is 30.5 Å². The van der Waals surface area contributed by atoms with Gasteiger partial charge in [0, 0.05) is 24.3 Å². The standard InChI is InChI=1S/C12H21O.C10H18NO.Al/c13-12-8-6-11(7-9-12)10-4-2-1-3-5-10;1-7-5-6-8-3-2-4-9(12)10(8)11-7;/h10-12H,1-9H2;7-11H,2-6H2,1H3;/q2*-1;+2. The van der Waals surface area contributed by atoms with Crippen LogP contribution in [-0.4, -0.2) is 40.2 Å². The third-order valence-corrected chi connectivity index (χ3v) is 8.89. The number of piperidine rings is 1. The highest BCUT2D eigenvalue weighted by Gasteiger charge is 2.37. The Morgan fingerprint density at radius 2 is 1.35 bits per heavy atom. The van der Waals surface area contributed by atoms with Gasteiger partial charge in [0.1, 0.15) is 0 Å². The van der Waals surface area contributed by atoms with Gasteiger partial charge in [0.15, 0.2) is 0 Å². The van der Waals surface area contributed by atoms with Crippen LogP contribution in [0.4, 0.5) is 0 Å². The fourth-order valence-electron chi connectivity index (χ4n) is 6.32. The molecule has 3 aliphatic carbocycles. The molecule has 1 saturated heterocycles. The summed E-state index contributed by atoms with van der Waals surface area (Å²) in [7, 11) is 0. The average molecular weight is 377 g/mol. The lowest BCUT2D eigenvalue weighted by molar-refractivity contribution is 0.0208. The Hall–Kier alpha value is 0.412. The molecule has 1 radical (unpaired) electrons. The molecule has 0 aromatic rings. The molecule has 4 fully saturated rings. The fourth-order valence-corrected chi connectivity index (χ4v) is 7.27. The van der Waals surface area contributed by atoms with Crippen LogP contribution in [0.1, 0.15) is 96.8 Å². The van der Waals surface area contributed by atoms with Crippen molar-refractivity contribution in [3.05, 3.63) is 0 Å². The Bertz CT molecular complexity index is 420. The summed E-state index contributed by atoms with van der Waals surface area (Å²) >= 11 is -0.287. The van der Waals surface area contributed by atoms with Gasteiger partial charge in [-0.1, -0.05) is 38.5 Å². The predicted molar refractivity (Wildman–Crippen MR) is 107 cm³/mol. The summed E-state index contributed by atoms with van der Waals surface area (Å²) in [5.41, 5.74) is 0. The minimum Gasteiger partial charge on any atom is -0.481 e. The zero-order valence-electron chi connectivity index (χ0n) is 16.8. The molecule has 1 N–H and O–H groups in total. The van der Waals surface area contributed by atoms with Gasteiger partial charge in [0.05, 0.1) is 0 Å². The van der Waals surface area contributed by atoms with Crippen LogP contribution in [0.3, 0.4) is 0 Å². The van der Waals surface area contributed by atoms with Crippen molar-refractivity contribution in [2.75, 3.05) is 0 Å². The zero-order chi connectivity index (χ0) is 17.8. The molecule has 147 valence electrons. The second kappa shape index (κ2) is 9.75. The Morgan fingerprint density at radius 3 is 2.15 bits per heavy atom. The molecule has 3 nitrogen and oxygen atoms in total. The summed E-state index contributed by atoms with van der Waals surface area (Å²) < 4.78 is 12.6. The molecule has 4 heteroatoms. The first-order valence-electron chi connectivity index (χ1n) is 11.7. The van der Waals surface area contributed by atoms with E-state index in [1.165, 1.54) is 89.9 Å². The first-order valence-corrected chi connectivity index (χ1v) is 12.6. The summed E-state index contributed by atoms with van der Waals surface area (Å²) in [5, 5.41) is 3.83. The van der Waals surface area contributed by atoms with Crippen LogP contribution < -0.4 is 5.32 Å². The van der Waals surface area contributed by atoms with Crippen LogP contribution in [-0.2, 0) is 7.58 Å². The van der Waals surface area contributed by atoms with Crippen molar-refractivity contribution in [1.82, 2.24) is 5.32 Å². The largest absolute Gasteiger partial charge is 0.668 e. The highest BCUT2D eigenvalue weighted by Crippen LogP contribution is 2.39. The minimum absolute atomic E-state index is 0.287. The average Bonchev–Trinajstić information content (AvgIpc) is 2.69. The molecule has 0 bridgehead atoms. The smallest absolute Gasteiger partial charge is 0.481 e. The Kier molecular flexibility index (Phi) is 7.39. The molecule has 3 saturated carbocycles. The molecule has 4 aliphatic rings. The second-order valence-electron chi connectivity index (χ2n) is 9.70. The SMILES string of the molecule is CC1CCC2CCCC([O][Al][O]C3CCC(C4CCCCC4)CC3)C2N1. The summed E-state index contributed by atoms with van der Waals surface area (Å²) in [6, 6.07) is 1.25. The van der Waals surface area contributed by atoms with Gasteiger partial charge in [-0.25, -0.2) is 0 Å². The van der Waals surface area contributed by atoms with Gasteiger partial charge in [0.25, 0.3) is 0 Å². The lowest BCUT2D eigenvalue weighted by Crippen LogP contribution is -2.55. The van der Waals surface area contributed by atoms with E-state index in [9.17, 15) is 0 Å². The first-order chi connectivity index (χ1) is 12.8. The molecular weight excluding hydrogens is 337 g/mol. The molecule has 1 heterocycles. The number of nitrogens with one attached hydrogen (secondary N) is 1. The number of rotatable bonds is 5. The second-order valence-corrected chi connectivity index (χ2v) is 10.4. The Morgan fingerprint density at radius 1 is 0.654 bits per heavy atom. The van der Waals surface area contributed by atoms with E-state index >= 15 is 0 Å². The molecule has 1 aliphatic heterocycles. The van der Waals surface area contributed by atoms with Crippen molar-refractivity contribution in [1.29, 1.82) is 0 Å². The van der Waals surface area contributed by atoms with Crippen molar-refractivity contribution in [2.24, 2.45) is 17.8 Å².